The van der Waals surface area contributed by atoms with E-state index in [1.807, 2.05) is 18.9 Å². The molecule has 24 heavy (non-hydrogen) atoms. The standard InChI is InChI=1S/C13H23N3O5S3/c1-4-15(2)11-9-16(6-5-7-21-3)24(19,20)13-10(11)8-12(22-13)23(14,17)18/h8,11H,4-7,9H2,1-3H3,(H2,14,17,18)/t11-/m0/s1. The highest BCUT2D eigenvalue weighted by Gasteiger charge is 2.40. The van der Waals surface area contributed by atoms with E-state index < -0.39 is 20.0 Å². The first kappa shape index (κ1) is 19.8. The Balaban J connectivity index is 2.50. The number of nitrogens with zero attached hydrogens (tertiary/aromatic N) is 2. The first-order valence-corrected chi connectivity index (χ1v) is 11.3. The molecule has 8 nitrogen and oxygen atoms in total. The highest BCUT2D eigenvalue weighted by molar-refractivity contribution is 7.94. The molecule has 0 aliphatic carbocycles. The van der Waals surface area contributed by atoms with E-state index in [1.54, 1.807) is 7.11 Å². The quantitative estimate of drug-likeness (QED) is 0.668. The zero-order chi connectivity index (χ0) is 18.1. The normalized spacial score (nSPS) is 21.1. The van der Waals surface area contributed by atoms with E-state index in [0.717, 1.165) is 11.3 Å². The van der Waals surface area contributed by atoms with Crippen LogP contribution >= 0.6 is 11.3 Å². The molecule has 2 heterocycles. The van der Waals surface area contributed by atoms with Crippen molar-refractivity contribution >= 4 is 31.4 Å². The second kappa shape index (κ2) is 7.36. The zero-order valence-electron chi connectivity index (χ0n) is 13.9. The molecule has 0 spiro atoms. The van der Waals surface area contributed by atoms with Crippen molar-refractivity contribution < 1.29 is 21.6 Å². The molecule has 138 valence electrons. The molecule has 0 unspecified atom stereocenters. The molecule has 2 rings (SSSR count). The van der Waals surface area contributed by atoms with E-state index in [9.17, 15) is 16.8 Å². The average molecular weight is 398 g/mol. The monoisotopic (exact) mass is 397 g/mol. The second-order valence-electron chi connectivity index (χ2n) is 5.65. The molecule has 1 aliphatic rings. The van der Waals surface area contributed by atoms with Gasteiger partial charge in [0.05, 0.1) is 6.04 Å². The highest BCUT2D eigenvalue weighted by atomic mass is 32.3. The number of likely N-dealkylation sites (N-methyl/N-ethyl adjacent to an activating group) is 1. The number of sulfonamides is 2. The van der Waals surface area contributed by atoms with Gasteiger partial charge in [-0.15, -0.1) is 11.3 Å². The van der Waals surface area contributed by atoms with Crippen molar-refractivity contribution in [3.63, 3.8) is 0 Å². The molecule has 2 N–H and O–H groups in total. The Bertz CT molecular complexity index is 788. The minimum atomic E-state index is -3.94. The van der Waals surface area contributed by atoms with Gasteiger partial charge in [-0.3, -0.25) is 4.90 Å². The van der Waals surface area contributed by atoms with E-state index >= 15 is 0 Å². The molecule has 0 fully saturated rings. The van der Waals surface area contributed by atoms with Crippen LogP contribution in [0.4, 0.5) is 0 Å². The number of rotatable bonds is 7. The lowest BCUT2D eigenvalue weighted by Gasteiger charge is -2.36. The maximum atomic E-state index is 12.8. The topological polar surface area (TPSA) is 110 Å². The van der Waals surface area contributed by atoms with Crippen molar-refractivity contribution in [2.24, 2.45) is 5.14 Å². The highest BCUT2D eigenvalue weighted by Crippen LogP contribution is 2.41. The minimum Gasteiger partial charge on any atom is -0.385 e. The van der Waals surface area contributed by atoms with Crippen LogP contribution in [0, 0.1) is 0 Å². The van der Waals surface area contributed by atoms with E-state index in [4.69, 9.17) is 9.88 Å². The van der Waals surface area contributed by atoms with E-state index in [0.29, 0.717) is 31.7 Å². The number of primary sulfonamides is 1. The van der Waals surface area contributed by atoms with Crippen LogP contribution in [0.25, 0.3) is 0 Å². The van der Waals surface area contributed by atoms with Gasteiger partial charge in [0.1, 0.15) is 8.42 Å². The first-order valence-electron chi connectivity index (χ1n) is 7.48. The average Bonchev–Trinajstić information content (AvgIpc) is 2.95. The van der Waals surface area contributed by atoms with Gasteiger partial charge in [0.15, 0.2) is 0 Å². The largest absolute Gasteiger partial charge is 0.385 e. The summed E-state index contributed by atoms with van der Waals surface area (Å²) in [6.45, 7) is 3.73. The molecule has 0 bridgehead atoms. The zero-order valence-corrected chi connectivity index (χ0v) is 16.4. The molecule has 0 aromatic carbocycles. The van der Waals surface area contributed by atoms with Crippen LogP contribution in [0.1, 0.15) is 24.9 Å². The molecule has 1 aromatic heterocycles. The number of ether oxygens (including phenoxy) is 1. The van der Waals surface area contributed by atoms with Gasteiger partial charge in [0.25, 0.3) is 10.0 Å². The predicted molar refractivity (Wildman–Crippen MR) is 92.0 cm³/mol. The summed E-state index contributed by atoms with van der Waals surface area (Å²) in [7, 11) is -4.23. The van der Waals surface area contributed by atoms with Crippen LogP contribution in [0.3, 0.4) is 0 Å². The Morgan fingerprint density at radius 2 is 2.17 bits per heavy atom. The Hall–Kier alpha value is -0.560. The van der Waals surface area contributed by atoms with Crippen molar-refractivity contribution in [1.29, 1.82) is 0 Å². The molecule has 1 aromatic rings. The number of methoxy groups -OCH3 is 1. The van der Waals surface area contributed by atoms with Gasteiger partial charge in [-0.1, -0.05) is 6.92 Å². The van der Waals surface area contributed by atoms with Crippen LogP contribution in [0.2, 0.25) is 0 Å². The van der Waals surface area contributed by atoms with E-state index in [2.05, 4.69) is 0 Å². The molecular formula is C13H23N3O5S3. The minimum absolute atomic E-state index is 0.0699. The van der Waals surface area contributed by atoms with Crippen LogP contribution in [-0.4, -0.2) is 66.4 Å². The molecule has 0 saturated heterocycles. The van der Waals surface area contributed by atoms with Crippen molar-refractivity contribution in [2.45, 2.75) is 27.8 Å². The number of thiophene rings is 1. The molecule has 1 aliphatic heterocycles. The summed E-state index contributed by atoms with van der Waals surface area (Å²) in [6.07, 6.45) is 0.570. The van der Waals surface area contributed by atoms with Crippen LogP contribution in [-0.2, 0) is 24.8 Å². The van der Waals surface area contributed by atoms with E-state index in [-0.39, 0.29) is 21.0 Å². The Morgan fingerprint density at radius 3 is 2.71 bits per heavy atom. The first-order chi connectivity index (χ1) is 11.1. The second-order valence-corrected chi connectivity index (χ2v) is 10.6. The number of hydrogen-bond donors (Lipinski definition) is 1. The van der Waals surface area contributed by atoms with Gasteiger partial charge in [0, 0.05) is 32.4 Å². The number of fused-ring (bicyclic) bond motifs is 1. The SMILES string of the molecule is CCN(C)[C@H]1CN(CCCOC)S(=O)(=O)c2sc(S(N)(=O)=O)cc21. The Kier molecular flexibility index (Phi) is 6.06. The molecule has 0 amide bonds. The van der Waals surface area contributed by atoms with Gasteiger partial charge < -0.3 is 4.74 Å². The van der Waals surface area contributed by atoms with Crippen LogP contribution in [0.15, 0.2) is 14.5 Å². The Labute approximate surface area is 147 Å². The number of hydrogen-bond acceptors (Lipinski definition) is 7. The molecule has 1 atom stereocenters. The summed E-state index contributed by atoms with van der Waals surface area (Å²) in [5.41, 5.74) is 0.511. The van der Waals surface area contributed by atoms with Gasteiger partial charge in [-0.25, -0.2) is 22.0 Å². The maximum Gasteiger partial charge on any atom is 0.252 e. The summed E-state index contributed by atoms with van der Waals surface area (Å²) < 4.78 is 55.3. The number of nitrogens with two attached hydrogens (primary N) is 1. The fraction of sp³-hybridized carbons (Fsp3) is 0.692. The smallest absolute Gasteiger partial charge is 0.252 e. The van der Waals surface area contributed by atoms with Crippen molar-refractivity contribution in [2.75, 3.05) is 40.4 Å². The van der Waals surface area contributed by atoms with Crippen molar-refractivity contribution in [3.8, 4) is 0 Å². The fourth-order valence-electron chi connectivity index (χ4n) is 2.64. The fourth-order valence-corrected chi connectivity index (χ4v) is 6.93. The summed E-state index contributed by atoms with van der Waals surface area (Å²) in [4.78, 5) is 2.00. The molecule has 0 saturated carbocycles. The predicted octanol–water partition coefficient (Wildman–Crippen LogP) is 0.429. The van der Waals surface area contributed by atoms with Crippen molar-refractivity contribution in [3.05, 3.63) is 11.6 Å². The third kappa shape index (κ3) is 3.82. The molecular weight excluding hydrogens is 374 g/mol. The van der Waals surface area contributed by atoms with Gasteiger partial charge in [0.2, 0.25) is 10.0 Å². The summed E-state index contributed by atoms with van der Waals surface area (Å²) in [6, 6.07) is 1.19. The maximum absolute atomic E-state index is 12.8. The Morgan fingerprint density at radius 1 is 1.50 bits per heavy atom. The molecule has 11 heteroatoms. The van der Waals surface area contributed by atoms with Crippen LogP contribution < -0.4 is 5.14 Å². The lowest BCUT2D eigenvalue weighted by molar-refractivity contribution is 0.172. The summed E-state index contributed by atoms with van der Waals surface area (Å²) in [5.74, 6) is 0. The summed E-state index contributed by atoms with van der Waals surface area (Å²) in [5, 5.41) is 5.19. The lowest BCUT2D eigenvalue weighted by Crippen LogP contribution is -2.44. The molecule has 0 radical (unpaired) electrons. The van der Waals surface area contributed by atoms with Gasteiger partial charge in [-0.2, -0.15) is 4.31 Å². The third-order valence-electron chi connectivity index (χ3n) is 4.08. The summed E-state index contributed by atoms with van der Waals surface area (Å²) >= 11 is 0.723. The van der Waals surface area contributed by atoms with Crippen molar-refractivity contribution in [1.82, 2.24) is 9.21 Å². The van der Waals surface area contributed by atoms with E-state index in [1.165, 1.54) is 10.4 Å². The van der Waals surface area contributed by atoms with Gasteiger partial charge >= 0.3 is 0 Å². The lowest BCUT2D eigenvalue weighted by atomic mass is 10.1. The van der Waals surface area contributed by atoms with Crippen LogP contribution in [0.5, 0.6) is 0 Å². The van der Waals surface area contributed by atoms with Gasteiger partial charge in [-0.05, 0) is 26.1 Å². The third-order valence-corrected chi connectivity index (χ3v) is 9.04.